The van der Waals surface area contributed by atoms with Crippen LogP contribution in [0.2, 0.25) is 0 Å². The zero-order chi connectivity index (χ0) is 12.3. The molecular formula is C9H17NO4. The number of hydrogen-bond donors (Lipinski definition) is 1. The van der Waals surface area contributed by atoms with Crippen molar-refractivity contribution in [2.24, 2.45) is 0 Å². The van der Waals surface area contributed by atoms with Gasteiger partial charge in [0.25, 0.3) is 0 Å². The summed E-state index contributed by atoms with van der Waals surface area (Å²) in [6.07, 6.45) is -0.764. The van der Waals surface area contributed by atoms with Crippen LogP contribution in [0, 0.1) is 0 Å². The fraction of sp³-hybridized carbons (Fsp3) is 0.778. The zero-order valence-electron chi connectivity index (χ0n) is 9.74. The Morgan fingerprint density at radius 2 is 2.00 bits per heavy atom. The first-order valence-corrected chi connectivity index (χ1v) is 4.16. The summed E-state index contributed by atoms with van der Waals surface area (Å²) < 4.78 is 7.12. The van der Waals surface area contributed by atoms with Crippen LogP contribution in [-0.2, 0) is 9.59 Å². The van der Waals surface area contributed by atoms with E-state index < -0.39 is 30.7 Å². The van der Waals surface area contributed by atoms with Gasteiger partial charge in [-0.2, -0.15) is 0 Å². The molecule has 0 spiro atoms. The lowest BCUT2D eigenvalue weighted by Crippen LogP contribution is -2.55. The number of carbonyl (C=O) groups is 2. The van der Waals surface area contributed by atoms with Crippen LogP contribution in [0.4, 0.5) is 0 Å². The molecule has 0 saturated heterocycles. The predicted octanol–water partition coefficient (Wildman–Crippen LogP) is -1.85. The van der Waals surface area contributed by atoms with Crippen LogP contribution in [0.3, 0.4) is 0 Å². The van der Waals surface area contributed by atoms with Gasteiger partial charge in [0.05, 0.1) is 21.1 Å². The number of carbonyl (C=O) groups excluding carboxylic acids is 2. The van der Waals surface area contributed by atoms with E-state index in [1.54, 1.807) is 21.1 Å². The Labute approximate surface area is 84.9 Å². The van der Waals surface area contributed by atoms with Gasteiger partial charge in [-0.1, -0.05) is 0 Å². The maximum Gasteiger partial charge on any atom is 0.176 e. The molecule has 14 heavy (non-hydrogen) atoms. The lowest BCUT2D eigenvalue weighted by Gasteiger charge is -2.34. The highest BCUT2D eigenvalue weighted by Gasteiger charge is 2.38. The fourth-order valence-corrected chi connectivity index (χ4v) is 1.27. The van der Waals surface area contributed by atoms with E-state index in [9.17, 15) is 19.8 Å². The monoisotopic (exact) mass is 204 g/mol. The second-order valence-corrected chi connectivity index (χ2v) is 4.45. The first kappa shape index (κ1) is 11.1. The molecule has 0 aromatic rings. The number of ketones is 1. The van der Waals surface area contributed by atoms with Gasteiger partial charge in [0.2, 0.25) is 0 Å². The molecule has 1 N–H and O–H groups in total. The minimum Gasteiger partial charge on any atom is -0.550 e. The number of carboxylic acids is 1. The first-order chi connectivity index (χ1) is 6.60. The average molecular weight is 204 g/mol. The molecule has 0 aromatic carbocycles. The first-order valence-electron chi connectivity index (χ1n) is 4.87. The van der Waals surface area contributed by atoms with Crippen LogP contribution >= 0.6 is 0 Å². The summed E-state index contributed by atoms with van der Waals surface area (Å²) in [6, 6.07) is 0. The molecule has 0 amide bonds. The molecule has 5 heteroatoms. The van der Waals surface area contributed by atoms with Crippen LogP contribution in [0.1, 0.15) is 14.7 Å². The van der Waals surface area contributed by atoms with Gasteiger partial charge in [-0.25, -0.2) is 0 Å². The summed E-state index contributed by atoms with van der Waals surface area (Å²) in [4.78, 5) is 21.7. The van der Waals surface area contributed by atoms with E-state index in [0.29, 0.717) is 0 Å². The Balaban J connectivity index is 4.86. The van der Waals surface area contributed by atoms with Gasteiger partial charge in [0.1, 0.15) is 6.54 Å². The molecule has 0 aromatic heterocycles. The van der Waals surface area contributed by atoms with E-state index in [1.165, 1.54) is 0 Å². The number of hydrogen-bond acceptors (Lipinski definition) is 4. The molecule has 1 atom stereocenters. The van der Waals surface area contributed by atoms with Gasteiger partial charge >= 0.3 is 0 Å². The molecule has 0 rings (SSSR count). The SMILES string of the molecule is [2H]CC(=O)C(O)(CC(=O)[O-])C[N+](C)(C)C. The number of aliphatic carboxylic acids is 1. The third-order valence-electron chi connectivity index (χ3n) is 1.69. The van der Waals surface area contributed by atoms with Gasteiger partial charge in [-0.3, -0.25) is 4.79 Å². The number of carboxylic acid groups (broad SMARTS) is 1. The van der Waals surface area contributed by atoms with Crippen molar-refractivity contribution in [3.05, 3.63) is 0 Å². The molecule has 0 heterocycles. The topological polar surface area (TPSA) is 77.4 Å². The zero-order valence-corrected chi connectivity index (χ0v) is 8.74. The molecule has 0 aliphatic rings. The van der Waals surface area contributed by atoms with Crippen molar-refractivity contribution in [1.29, 1.82) is 0 Å². The minimum atomic E-state index is -2.00. The largest absolute Gasteiger partial charge is 0.550 e. The highest BCUT2D eigenvalue weighted by Crippen LogP contribution is 2.15. The van der Waals surface area contributed by atoms with E-state index in [4.69, 9.17) is 1.37 Å². The normalized spacial score (nSPS) is 17.0. The summed E-state index contributed by atoms with van der Waals surface area (Å²) >= 11 is 0. The molecule has 0 aliphatic carbocycles. The highest BCUT2D eigenvalue weighted by molar-refractivity contribution is 5.88. The summed E-state index contributed by atoms with van der Waals surface area (Å²) in [6.45, 7) is -0.692. The van der Waals surface area contributed by atoms with Crippen LogP contribution in [0.25, 0.3) is 0 Å². The Bertz CT molecular complexity index is 261. The van der Waals surface area contributed by atoms with E-state index in [1.807, 2.05) is 0 Å². The second kappa shape index (κ2) is 4.06. The standard InChI is InChI=1S/C9H17NO4/c1-7(11)9(14,5-8(12)13)6-10(2,3)4/h14H,5-6H2,1-4H3/i1D. The van der Waals surface area contributed by atoms with Gasteiger partial charge in [0, 0.05) is 13.8 Å². The smallest absolute Gasteiger partial charge is 0.176 e. The van der Waals surface area contributed by atoms with E-state index in [0.717, 1.165) is 0 Å². The maximum atomic E-state index is 11.3. The van der Waals surface area contributed by atoms with Gasteiger partial charge in [-0.15, -0.1) is 0 Å². The number of quaternary nitrogens is 1. The Morgan fingerprint density at radius 1 is 1.50 bits per heavy atom. The molecule has 0 bridgehead atoms. The predicted molar refractivity (Wildman–Crippen MR) is 48.2 cm³/mol. The number of Topliss-reactive ketones (excluding diaryl/α,β-unsaturated/α-hetero) is 1. The molecular weight excluding hydrogens is 186 g/mol. The fourth-order valence-electron chi connectivity index (χ4n) is 1.27. The minimum absolute atomic E-state index is 0.0569. The molecule has 82 valence electrons. The van der Waals surface area contributed by atoms with Gasteiger partial charge in [-0.05, 0) is 6.90 Å². The molecule has 1 unspecified atom stereocenters. The van der Waals surface area contributed by atoms with Crippen LogP contribution < -0.4 is 5.11 Å². The van der Waals surface area contributed by atoms with Crippen molar-refractivity contribution in [3.63, 3.8) is 0 Å². The molecule has 0 aliphatic heterocycles. The lowest BCUT2D eigenvalue weighted by molar-refractivity contribution is -0.875. The lowest BCUT2D eigenvalue weighted by atomic mass is 9.94. The number of aliphatic hydroxyl groups is 1. The van der Waals surface area contributed by atoms with Gasteiger partial charge in [0.15, 0.2) is 11.4 Å². The quantitative estimate of drug-likeness (QED) is 0.533. The summed E-state index contributed by atoms with van der Waals surface area (Å²) in [5.74, 6) is -2.28. The Kier molecular flexibility index (Phi) is 3.23. The van der Waals surface area contributed by atoms with E-state index in [-0.39, 0.29) is 11.0 Å². The molecule has 5 nitrogen and oxygen atoms in total. The molecule has 0 radical (unpaired) electrons. The summed E-state index contributed by atoms with van der Waals surface area (Å²) in [7, 11) is 5.16. The van der Waals surface area contributed by atoms with Crippen LogP contribution in [-0.4, -0.2) is 54.6 Å². The maximum absolute atomic E-state index is 11.3. The molecule has 0 fully saturated rings. The van der Waals surface area contributed by atoms with Gasteiger partial charge < -0.3 is 19.5 Å². The summed E-state index contributed by atoms with van der Waals surface area (Å²) in [5.41, 5.74) is -2.00. The summed E-state index contributed by atoms with van der Waals surface area (Å²) in [5, 5.41) is 20.3. The van der Waals surface area contributed by atoms with Crippen LogP contribution in [0.15, 0.2) is 0 Å². The van der Waals surface area contributed by atoms with E-state index >= 15 is 0 Å². The third kappa shape index (κ3) is 4.34. The number of rotatable bonds is 5. The highest BCUT2D eigenvalue weighted by atomic mass is 16.4. The van der Waals surface area contributed by atoms with Crippen molar-refractivity contribution in [1.82, 2.24) is 0 Å². The number of nitrogens with zero attached hydrogens (tertiary/aromatic N) is 1. The third-order valence-corrected chi connectivity index (χ3v) is 1.69. The Morgan fingerprint density at radius 3 is 2.29 bits per heavy atom. The average Bonchev–Trinajstić information content (AvgIpc) is 1.97. The van der Waals surface area contributed by atoms with Crippen molar-refractivity contribution in [3.8, 4) is 0 Å². The van der Waals surface area contributed by atoms with Crippen molar-refractivity contribution in [2.75, 3.05) is 27.7 Å². The molecule has 0 saturated carbocycles. The second-order valence-electron chi connectivity index (χ2n) is 4.45. The Hall–Kier alpha value is -0.940. The van der Waals surface area contributed by atoms with Crippen molar-refractivity contribution >= 4 is 11.8 Å². The van der Waals surface area contributed by atoms with Crippen molar-refractivity contribution < 1.29 is 25.7 Å². The van der Waals surface area contributed by atoms with Crippen LogP contribution in [0.5, 0.6) is 0 Å². The van der Waals surface area contributed by atoms with Crippen molar-refractivity contribution in [2.45, 2.75) is 18.9 Å². The number of likely N-dealkylation sites (N-methyl/N-ethyl adjacent to an activating group) is 1. The van der Waals surface area contributed by atoms with E-state index in [2.05, 4.69) is 0 Å².